The smallest absolute Gasteiger partial charge is 0.253 e. The lowest BCUT2D eigenvalue weighted by Crippen LogP contribution is -2.43. The molecule has 21 heavy (non-hydrogen) atoms. The van der Waals surface area contributed by atoms with Gasteiger partial charge in [0.2, 0.25) is 5.91 Å². The van der Waals surface area contributed by atoms with E-state index in [9.17, 15) is 9.59 Å². The van der Waals surface area contributed by atoms with Crippen LogP contribution in [0.15, 0.2) is 30.3 Å². The van der Waals surface area contributed by atoms with Gasteiger partial charge in [0, 0.05) is 31.1 Å². The van der Waals surface area contributed by atoms with Crippen LogP contribution in [0.25, 0.3) is 0 Å². The normalized spacial score (nSPS) is 16.0. The second-order valence-corrected chi connectivity index (χ2v) is 6.07. The lowest BCUT2D eigenvalue weighted by molar-refractivity contribution is -0.126. The predicted molar refractivity (Wildman–Crippen MR) is 82.9 cm³/mol. The number of carbonyl (C=O) groups is 2. The summed E-state index contributed by atoms with van der Waals surface area (Å²) in [5.74, 6) is 0.712. The molecule has 1 aromatic carbocycles. The quantitative estimate of drug-likeness (QED) is 0.924. The number of amides is 2. The van der Waals surface area contributed by atoms with Crippen LogP contribution in [-0.2, 0) is 4.79 Å². The number of hydrogen-bond acceptors (Lipinski definition) is 2. The highest BCUT2D eigenvalue weighted by molar-refractivity contribution is 5.94. The lowest BCUT2D eigenvalue weighted by Gasteiger charge is -2.31. The fourth-order valence-electron chi connectivity index (χ4n) is 2.56. The molecule has 0 atom stereocenters. The van der Waals surface area contributed by atoms with Crippen molar-refractivity contribution in [1.29, 1.82) is 0 Å². The monoisotopic (exact) mass is 288 g/mol. The summed E-state index contributed by atoms with van der Waals surface area (Å²) in [6.45, 7) is 6.21. The molecular formula is C17H24N2O2. The van der Waals surface area contributed by atoms with Gasteiger partial charge < -0.3 is 10.2 Å². The van der Waals surface area contributed by atoms with Gasteiger partial charge in [0.05, 0.1) is 0 Å². The Kier molecular flexibility index (Phi) is 5.37. The zero-order valence-corrected chi connectivity index (χ0v) is 12.8. The maximum Gasteiger partial charge on any atom is 0.253 e. The standard InChI is InChI=1S/C17H24N2O2/c1-13(2)12-18-16(20)14-8-10-19(11-9-14)17(21)15-6-4-3-5-7-15/h3-7,13-14H,8-12H2,1-2H3,(H,18,20). The van der Waals surface area contributed by atoms with Crippen LogP contribution < -0.4 is 5.32 Å². The van der Waals surface area contributed by atoms with E-state index in [-0.39, 0.29) is 17.7 Å². The Bertz CT molecular complexity index is 477. The molecule has 0 radical (unpaired) electrons. The maximum atomic E-state index is 12.3. The molecule has 0 aromatic heterocycles. The summed E-state index contributed by atoms with van der Waals surface area (Å²) < 4.78 is 0. The summed E-state index contributed by atoms with van der Waals surface area (Å²) in [6, 6.07) is 9.33. The lowest BCUT2D eigenvalue weighted by atomic mass is 9.95. The Labute approximate surface area is 126 Å². The molecule has 1 N–H and O–H groups in total. The SMILES string of the molecule is CC(C)CNC(=O)C1CCN(C(=O)c2ccccc2)CC1. The highest BCUT2D eigenvalue weighted by Crippen LogP contribution is 2.19. The average Bonchev–Trinajstić information content (AvgIpc) is 2.53. The first-order chi connectivity index (χ1) is 10.1. The molecule has 2 rings (SSSR count). The van der Waals surface area contributed by atoms with E-state index in [1.165, 1.54) is 0 Å². The Morgan fingerprint density at radius 1 is 1.19 bits per heavy atom. The number of hydrogen-bond donors (Lipinski definition) is 1. The zero-order chi connectivity index (χ0) is 15.2. The Balaban J connectivity index is 1.83. The third kappa shape index (κ3) is 4.31. The molecule has 1 aliphatic rings. The highest BCUT2D eigenvalue weighted by atomic mass is 16.2. The van der Waals surface area contributed by atoms with Crippen molar-refractivity contribution in [3.63, 3.8) is 0 Å². The van der Waals surface area contributed by atoms with E-state index >= 15 is 0 Å². The molecule has 1 fully saturated rings. The minimum absolute atomic E-state index is 0.0450. The number of likely N-dealkylation sites (tertiary alicyclic amines) is 1. The van der Waals surface area contributed by atoms with Gasteiger partial charge in [-0.15, -0.1) is 0 Å². The first-order valence-corrected chi connectivity index (χ1v) is 7.70. The number of nitrogens with zero attached hydrogens (tertiary/aromatic N) is 1. The van der Waals surface area contributed by atoms with Gasteiger partial charge in [-0.2, -0.15) is 0 Å². The van der Waals surface area contributed by atoms with Crippen molar-refractivity contribution in [2.75, 3.05) is 19.6 Å². The summed E-state index contributed by atoms with van der Waals surface area (Å²) >= 11 is 0. The zero-order valence-electron chi connectivity index (χ0n) is 12.8. The molecule has 0 saturated carbocycles. The Hall–Kier alpha value is -1.84. The van der Waals surface area contributed by atoms with Crippen molar-refractivity contribution in [2.24, 2.45) is 11.8 Å². The summed E-state index contributed by atoms with van der Waals surface area (Å²) in [4.78, 5) is 26.2. The van der Waals surface area contributed by atoms with Gasteiger partial charge in [0.15, 0.2) is 0 Å². The molecule has 1 saturated heterocycles. The van der Waals surface area contributed by atoms with Crippen molar-refractivity contribution < 1.29 is 9.59 Å². The molecule has 0 unspecified atom stereocenters. The number of benzene rings is 1. The topological polar surface area (TPSA) is 49.4 Å². The van der Waals surface area contributed by atoms with Crippen LogP contribution in [0.3, 0.4) is 0 Å². The Morgan fingerprint density at radius 3 is 2.38 bits per heavy atom. The van der Waals surface area contributed by atoms with Crippen molar-refractivity contribution in [1.82, 2.24) is 10.2 Å². The van der Waals surface area contributed by atoms with Gasteiger partial charge in [-0.05, 0) is 30.9 Å². The molecule has 1 heterocycles. The van der Waals surface area contributed by atoms with E-state index < -0.39 is 0 Å². The van der Waals surface area contributed by atoms with Crippen LogP contribution in [0.5, 0.6) is 0 Å². The van der Waals surface area contributed by atoms with Crippen LogP contribution >= 0.6 is 0 Å². The van der Waals surface area contributed by atoms with Crippen LogP contribution in [0, 0.1) is 11.8 Å². The fourth-order valence-corrected chi connectivity index (χ4v) is 2.56. The third-order valence-corrected chi connectivity index (χ3v) is 3.86. The number of nitrogens with one attached hydrogen (secondary N) is 1. The number of piperidine rings is 1. The van der Waals surface area contributed by atoms with Gasteiger partial charge >= 0.3 is 0 Å². The van der Waals surface area contributed by atoms with Crippen molar-refractivity contribution in [2.45, 2.75) is 26.7 Å². The summed E-state index contributed by atoms with van der Waals surface area (Å²) in [5.41, 5.74) is 0.722. The summed E-state index contributed by atoms with van der Waals surface area (Å²) in [7, 11) is 0. The van der Waals surface area contributed by atoms with Gasteiger partial charge in [0.1, 0.15) is 0 Å². The summed E-state index contributed by atoms with van der Waals surface area (Å²) in [5, 5.41) is 2.99. The van der Waals surface area contributed by atoms with E-state index in [4.69, 9.17) is 0 Å². The second-order valence-electron chi connectivity index (χ2n) is 6.07. The van der Waals surface area contributed by atoms with Crippen molar-refractivity contribution in [3.8, 4) is 0 Å². The number of carbonyl (C=O) groups excluding carboxylic acids is 2. The molecule has 4 nitrogen and oxygen atoms in total. The van der Waals surface area contributed by atoms with Gasteiger partial charge in [-0.25, -0.2) is 0 Å². The van der Waals surface area contributed by atoms with Crippen LogP contribution in [0.2, 0.25) is 0 Å². The van der Waals surface area contributed by atoms with Crippen molar-refractivity contribution in [3.05, 3.63) is 35.9 Å². The molecule has 2 amide bonds. The largest absolute Gasteiger partial charge is 0.356 e. The fraction of sp³-hybridized carbons (Fsp3) is 0.529. The third-order valence-electron chi connectivity index (χ3n) is 3.86. The molecule has 1 aliphatic heterocycles. The molecule has 1 aromatic rings. The highest BCUT2D eigenvalue weighted by Gasteiger charge is 2.27. The molecule has 4 heteroatoms. The molecular weight excluding hydrogens is 264 g/mol. The van der Waals surface area contributed by atoms with E-state index in [0.29, 0.717) is 19.0 Å². The Morgan fingerprint density at radius 2 is 1.81 bits per heavy atom. The van der Waals surface area contributed by atoms with Gasteiger partial charge in [0.25, 0.3) is 5.91 Å². The van der Waals surface area contributed by atoms with E-state index in [1.807, 2.05) is 35.2 Å². The van der Waals surface area contributed by atoms with Crippen LogP contribution in [0.4, 0.5) is 0 Å². The summed E-state index contributed by atoms with van der Waals surface area (Å²) in [6.07, 6.45) is 1.50. The second kappa shape index (κ2) is 7.25. The minimum atomic E-state index is 0.0450. The molecule has 0 aliphatic carbocycles. The van der Waals surface area contributed by atoms with Gasteiger partial charge in [-0.3, -0.25) is 9.59 Å². The minimum Gasteiger partial charge on any atom is -0.356 e. The molecule has 0 spiro atoms. The van der Waals surface area contributed by atoms with Crippen LogP contribution in [-0.4, -0.2) is 36.3 Å². The van der Waals surface area contributed by atoms with Crippen molar-refractivity contribution >= 4 is 11.8 Å². The molecule has 114 valence electrons. The first kappa shape index (κ1) is 15.5. The average molecular weight is 288 g/mol. The molecule has 0 bridgehead atoms. The van der Waals surface area contributed by atoms with E-state index in [1.54, 1.807) is 0 Å². The van der Waals surface area contributed by atoms with E-state index in [0.717, 1.165) is 24.9 Å². The van der Waals surface area contributed by atoms with Gasteiger partial charge in [-0.1, -0.05) is 32.0 Å². The van der Waals surface area contributed by atoms with E-state index in [2.05, 4.69) is 19.2 Å². The maximum absolute atomic E-state index is 12.3. The predicted octanol–water partition coefficient (Wildman–Crippen LogP) is 2.31. The number of rotatable bonds is 4. The van der Waals surface area contributed by atoms with Crippen LogP contribution in [0.1, 0.15) is 37.0 Å². The first-order valence-electron chi connectivity index (χ1n) is 7.70.